The summed E-state index contributed by atoms with van der Waals surface area (Å²) >= 11 is 0. The van der Waals surface area contributed by atoms with Crippen LogP contribution in [-0.2, 0) is 7.05 Å². The zero-order chi connectivity index (χ0) is 16.4. The van der Waals surface area contributed by atoms with Gasteiger partial charge in [0, 0.05) is 42.7 Å². The van der Waals surface area contributed by atoms with Gasteiger partial charge in [-0.3, -0.25) is 14.9 Å². The van der Waals surface area contributed by atoms with Gasteiger partial charge in [0.25, 0.3) is 5.69 Å². The second-order valence-electron chi connectivity index (χ2n) is 5.25. The van der Waals surface area contributed by atoms with E-state index in [4.69, 9.17) is 0 Å². The number of hydrogen-bond acceptors (Lipinski definition) is 3. The molecule has 0 bridgehead atoms. The summed E-state index contributed by atoms with van der Waals surface area (Å²) in [6.45, 7) is 0. The van der Waals surface area contributed by atoms with Crippen LogP contribution in [0.25, 0.3) is 22.3 Å². The van der Waals surface area contributed by atoms with E-state index < -0.39 is 4.92 Å². The molecule has 1 aromatic heterocycles. The SMILES string of the molecule is Cn1cc(-c2ccccc2)c(=O)c(-c2ccc([N+](=O)[O-])cc2)c1. The monoisotopic (exact) mass is 306 g/mol. The highest BCUT2D eigenvalue weighted by Crippen LogP contribution is 2.22. The number of aromatic nitrogens is 1. The van der Waals surface area contributed by atoms with Crippen LogP contribution in [0.1, 0.15) is 0 Å². The van der Waals surface area contributed by atoms with E-state index in [1.54, 1.807) is 24.5 Å². The number of rotatable bonds is 3. The first kappa shape index (κ1) is 14.7. The van der Waals surface area contributed by atoms with Crippen LogP contribution < -0.4 is 5.43 Å². The van der Waals surface area contributed by atoms with Crippen LogP contribution >= 0.6 is 0 Å². The molecule has 0 aliphatic carbocycles. The van der Waals surface area contributed by atoms with Gasteiger partial charge in [0.05, 0.1) is 4.92 Å². The lowest BCUT2D eigenvalue weighted by Crippen LogP contribution is -2.11. The highest BCUT2D eigenvalue weighted by atomic mass is 16.6. The lowest BCUT2D eigenvalue weighted by molar-refractivity contribution is -0.384. The third kappa shape index (κ3) is 2.89. The van der Waals surface area contributed by atoms with Crippen molar-refractivity contribution < 1.29 is 4.92 Å². The fourth-order valence-corrected chi connectivity index (χ4v) is 2.50. The van der Waals surface area contributed by atoms with Crippen molar-refractivity contribution in [1.29, 1.82) is 0 Å². The normalized spacial score (nSPS) is 10.5. The van der Waals surface area contributed by atoms with Crippen molar-refractivity contribution in [3.8, 4) is 22.3 Å². The number of aryl methyl sites for hydroxylation is 1. The van der Waals surface area contributed by atoms with Gasteiger partial charge in [-0.25, -0.2) is 0 Å². The molecule has 3 aromatic rings. The molecule has 3 rings (SSSR count). The lowest BCUT2D eigenvalue weighted by atomic mass is 10.0. The Morgan fingerprint density at radius 3 is 1.91 bits per heavy atom. The predicted octanol–water partition coefficient (Wildman–Crippen LogP) is 3.63. The van der Waals surface area contributed by atoms with Gasteiger partial charge in [0.1, 0.15) is 0 Å². The van der Waals surface area contributed by atoms with Crippen molar-refractivity contribution in [3.05, 3.63) is 87.3 Å². The highest BCUT2D eigenvalue weighted by Gasteiger charge is 2.12. The maximum atomic E-state index is 12.8. The lowest BCUT2D eigenvalue weighted by Gasteiger charge is -2.09. The van der Waals surface area contributed by atoms with Gasteiger partial charge in [-0.05, 0) is 23.3 Å². The first-order chi connectivity index (χ1) is 11.1. The van der Waals surface area contributed by atoms with E-state index in [9.17, 15) is 14.9 Å². The number of non-ortho nitro benzene ring substituents is 1. The summed E-state index contributed by atoms with van der Waals surface area (Å²) in [5.41, 5.74) is 2.53. The fourth-order valence-electron chi connectivity index (χ4n) is 2.50. The molecule has 114 valence electrons. The summed E-state index contributed by atoms with van der Waals surface area (Å²) in [5, 5.41) is 10.7. The molecule has 2 aromatic carbocycles. The summed E-state index contributed by atoms with van der Waals surface area (Å²) in [6.07, 6.45) is 3.52. The quantitative estimate of drug-likeness (QED) is 0.548. The molecule has 5 heteroatoms. The van der Waals surface area contributed by atoms with Gasteiger partial charge < -0.3 is 4.57 Å². The summed E-state index contributed by atoms with van der Waals surface area (Å²) in [7, 11) is 1.85. The van der Waals surface area contributed by atoms with Crippen molar-refractivity contribution in [1.82, 2.24) is 4.57 Å². The summed E-state index contributed by atoms with van der Waals surface area (Å²) in [5.74, 6) is 0. The van der Waals surface area contributed by atoms with E-state index in [1.165, 1.54) is 12.1 Å². The molecule has 0 saturated heterocycles. The maximum absolute atomic E-state index is 12.8. The zero-order valence-electron chi connectivity index (χ0n) is 12.5. The third-order valence-corrected chi connectivity index (χ3v) is 3.63. The average Bonchev–Trinajstić information content (AvgIpc) is 2.57. The Labute approximate surface area is 132 Å². The number of pyridine rings is 1. The Kier molecular flexibility index (Phi) is 3.76. The molecule has 0 atom stereocenters. The first-order valence-corrected chi connectivity index (χ1v) is 7.07. The molecule has 0 fully saturated rings. The van der Waals surface area contributed by atoms with Crippen LogP contribution in [0.15, 0.2) is 71.8 Å². The van der Waals surface area contributed by atoms with Gasteiger partial charge in [-0.15, -0.1) is 0 Å². The van der Waals surface area contributed by atoms with E-state index in [1.807, 2.05) is 41.9 Å². The Balaban J connectivity index is 2.15. The van der Waals surface area contributed by atoms with Crippen LogP contribution in [0.3, 0.4) is 0 Å². The van der Waals surface area contributed by atoms with Crippen LogP contribution in [0.4, 0.5) is 5.69 Å². The molecule has 0 aliphatic rings. The van der Waals surface area contributed by atoms with Crippen molar-refractivity contribution in [2.45, 2.75) is 0 Å². The predicted molar refractivity (Wildman–Crippen MR) is 89.2 cm³/mol. The van der Waals surface area contributed by atoms with Crippen LogP contribution in [0, 0.1) is 10.1 Å². The molecule has 0 saturated carbocycles. The van der Waals surface area contributed by atoms with E-state index in [2.05, 4.69) is 0 Å². The Hall–Kier alpha value is -3.21. The molecule has 0 radical (unpaired) electrons. The van der Waals surface area contributed by atoms with Crippen LogP contribution in [0.5, 0.6) is 0 Å². The smallest absolute Gasteiger partial charge is 0.269 e. The maximum Gasteiger partial charge on any atom is 0.269 e. The third-order valence-electron chi connectivity index (χ3n) is 3.63. The number of hydrogen-bond donors (Lipinski definition) is 0. The van der Waals surface area contributed by atoms with Crippen LogP contribution in [0.2, 0.25) is 0 Å². The molecule has 0 spiro atoms. The second kappa shape index (κ2) is 5.88. The van der Waals surface area contributed by atoms with E-state index in [0.717, 1.165) is 5.56 Å². The summed E-state index contributed by atoms with van der Waals surface area (Å²) < 4.78 is 1.82. The first-order valence-electron chi connectivity index (χ1n) is 7.07. The Morgan fingerprint density at radius 2 is 1.39 bits per heavy atom. The number of benzene rings is 2. The minimum absolute atomic E-state index is 0.00443. The fraction of sp³-hybridized carbons (Fsp3) is 0.0556. The van der Waals surface area contributed by atoms with E-state index in [-0.39, 0.29) is 11.1 Å². The largest absolute Gasteiger partial charge is 0.356 e. The van der Waals surface area contributed by atoms with Crippen molar-refractivity contribution in [2.24, 2.45) is 7.05 Å². The van der Waals surface area contributed by atoms with Crippen molar-refractivity contribution in [2.75, 3.05) is 0 Å². The zero-order valence-corrected chi connectivity index (χ0v) is 12.5. The average molecular weight is 306 g/mol. The Bertz CT molecular complexity index is 913. The van der Waals surface area contributed by atoms with Crippen LogP contribution in [-0.4, -0.2) is 9.49 Å². The molecular weight excluding hydrogens is 292 g/mol. The van der Waals surface area contributed by atoms with E-state index in [0.29, 0.717) is 16.7 Å². The molecule has 23 heavy (non-hydrogen) atoms. The minimum atomic E-state index is -0.456. The highest BCUT2D eigenvalue weighted by molar-refractivity contribution is 5.72. The van der Waals surface area contributed by atoms with Gasteiger partial charge in [0.2, 0.25) is 0 Å². The number of nitro groups is 1. The van der Waals surface area contributed by atoms with Gasteiger partial charge in [-0.1, -0.05) is 30.3 Å². The number of nitro benzene ring substituents is 1. The molecule has 0 amide bonds. The molecule has 5 nitrogen and oxygen atoms in total. The van der Waals surface area contributed by atoms with Gasteiger partial charge in [0.15, 0.2) is 5.43 Å². The topological polar surface area (TPSA) is 65.1 Å². The molecule has 1 heterocycles. The van der Waals surface area contributed by atoms with Gasteiger partial charge in [-0.2, -0.15) is 0 Å². The molecule has 0 unspecified atom stereocenters. The van der Waals surface area contributed by atoms with Crippen molar-refractivity contribution in [3.63, 3.8) is 0 Å². The number of nitrogens with zero attached hydrogens (tertiary/aromatic N) is 2. The Morgan fingerprint density at radius 1 is 0.870 bits per heavy atom. The summed E-state index contributed by atoms with van der Waals surface area (Å²) in [6, 6.07) is 15.4. The minimum Gasteiger partial charge on any atom is -0.356 e. The summed E-state index contributed by atoms with van der Waals surface area (Å²) in [4.78, 5) is 23.1. The molecular formula is C18H14N2O3. The second-order valence-corrected chi connectivity index (χ2v) is 5.25. The van der Waals surface area contributed by atoms with Gasteiger partial charge >= 0.3 is 0 Å². The molecule has 0 N–H and O–H groups in total. The standard InChI is InChI=1S/C18H14N2O3/c1-19-11-16(13-5-3-2-4-6-13)18(21)17(12-19)14-7-9-15(10-8-14)20(22)23/h2-12H,1H3. The van der Waals surface area contributed by atoms with Crippen molar-refractivity contribution >= 4 is 5.69 Å². The molecule has 0 aliphatic heterocycles. The van der Waals surface area contributed by atoms with E-state index >= 15 is 0 Å².